The number of hydrogen-bond donors (Lipinski definition) is 1. The zero-order chi connectivity index (χ0) is 19.5. The number of nitrogens with zero attached hydrogens (tertiary/aromatic N) is 3. The molecule has 0 saturated heterocycles. The molecule has 140 valence electrons. The molecule has 28 heavy (non-hydrogen) atoms. The average molecular weight is 391 g/mol. The molecule has 2 aromatic heterocycles. The van der Waals surface area contributed by atoms with Gasteiger partial charge in [0, 0.05) is 24.8 Å². The van der Waals surface area contributed by atoms with Gasteiger partial charge in [0.1, 0.15) is 11.4 Å². The van der Waals surface area contributed by atoms with Crippen LogP contribution < -0.4 is 5.32 Å². The summed E-state index contributed by atoms with van der Waals surface area (Å²) in [6.45, 7) is 0.449. The van der Waals surface area contributed by atoms with Crippen molar-refractivity contribution in [3.05, 3.63) is 95.3 Å². The first-order valence-electron chi connectivity index (χ1n) is 8.91. The summed E-state index contributed by atoms with van der Waals surface area (Å²) in [5, 5.41) is 8.29. The minimum Gasteiger partial charge on any atom is -0.349 e. The molecule has 0 aliphatic carbocycles. The smallest absolute Gasteiger partial charge is 0.270 e. The van der Waals surface area contributed by atoms with E-state index in [0.29, 0.717) is 17.3 Å². The quantitative estimate of drug-likeness (QED) is 0.547. The average Bonchev–Trinajstić information content (AvgIpc) is 3.34. The SMILES string of the molecule is Cn1cccc1-c1cc(C(=O)NCc2ccccc2)n(-c2ccc(Cl)cc2)n1. The van der Waals surface area contributed by atoms with Gasteiger partial charge in [-0.25, -0.2) is 4.68 Å². The Morgan fingerprint density at radius 3 is 2.46 bits per heavy atom. The zero-order valence-corrected chi connectivity index (χ0v) is 16.1. The molecule has 2 heterocycles. The van der Waals surface area contributed by atoms with Crippen molar-refractivity contribution in [2.45, 2.75) is 6.54 Å². The highest BCUT2D eigenvalue weighted by Crippen LogP contribution is 2.23. The Morgan fingerprint density at radius 2 is 1.79 bits per heavy atom. The number of aromatic nitrogens is 3. The molecule has 0 bridgehead atoms. The van der Waals surface area contributed by atoms with Gasteiger partial charge in [-0.05, 0) is 48.0 Å². The third-order valence-electron chi connectivity index (χ3n) is 4.52. The summed E-state index contributed by atoms with van der Waals surface area (Å²) in [6, 6.07) is 22.8. The Labute approximate surface area is 168 Å². The van der Waals surface area contributed by atoms with E-state index >= 15 is 0 Å². The van der Waals surface area contributed by atoms with E-state index in [4.69, 9.17) is 11.6 Å². The first-order valence-corrected chi connectivity index (χ1v) is 9.29. The Morgan fingerprint density at radius 1 is 1.04 bits per heavy atom. The van der Waals surface area contributed by atoms with E-state index in [2.05, 4.69) is 10.4 Å². The summed E-state index contributed by atoms with van der Waals surface area (Å²) in [7, 11) is 1.95. The van der Waals surface area contributed by atoms with E-state index < -0.39 is 0 Å². The lowest BCUT2D eigenvalue weighted by Gasteiger charge is -2.08. The Hall–Kier alpha value is -3.31. The Balaban J connectivity index is 1.69. The summed E-state index contributed by atoms with van der Waals surface area (Å²) in [6.07, 6.45) is 1.95. The van der Waals surface area contributed by atoms with Crippen molar-refractivity contribution in [3.63, 3.8) is 0 Å². The van der Waals surface area contributed by atoms with Crippen LogP contribution in [0.2, 0.25) is 5.02 Å². The van der Waals surface area contributed by atoms with Gasteiger partial charge >= 0.3 is 0 Å². The van der Waals surface area contributed by atoms with Crippen LogP contribution in [-0.4, -0.2) is 20.3 Å². The number of rotatable bonds is 5. The minimum atomic E-state index is -0.188. The second-order valence-corrected chi connectivity index (χ2v) is 6.91. The number of aryl methyl sites for hydroxylation is 1. The maximum absolute atomic E-state index is 12.9. The molecule has 1 amide bonds. The fraction of sp³-hybridized carbons (Fsp3) is 0.0909. The van der Waals surface area contributed by atoms with Gasteiger partial charge in [-0.15, -0.1) is 0 Å². The molecule has 0 unspecified atom stereocenters. The van der Waals surface area contributed by atoms with Crippen LogP contribution in [-0.2, 0) is 13.6 Å². The molecular formula is C22H19ClN4O. The van der Waals surface area contributed by atoms with Crippen LogP contribution >= 0.6 is 11.6 Å². The molecule has 4 rings (SSSR count). The zero-order valence-electron chi connectivity index (χ0n) is 15.3. The lowest BCUT2D eigenvalue weighted by Crippen LogP contribution is -2.25. The standard InChI is InChI=1S/C22H19ClN4O/c1-26-13-5-8-20(26)19-14-21(22(28)24-15-16-6-3-2-4-7-16)27(25-19)18-11-9-17(23)10-12-18/h2-14H,15H2,1H3,(H,24,28). The molecule has 0 atom stereocenters. The first-order chi connectivity index (χ1) is 13.6. The number of hydrogen-bond acceptors (Lipinski definition) is 2. The van der Waals surface area contributed by atoms with Crippen LogP contribution in [0, 0.1) is 0 Å². The fourth-order valence-electron chi connectivity index (χ4n) is 3.04. The molecule has 1 N–H and O–H groups in total. The van der Waals surface area contributed by atoms with Crippen molar-refractivity contribution in [1.29, 1.82) is 0 Å². The monoisotopic (exact) mass is 390 g/mol. The summed E-state index contributed by atoms with van der Waals surface area (Å²) in [5.41, 5.74) is 3.94. The van der Waals surface area contributed by atoms with Gasteiger partial charge in [0.15, 0.2) is 0 Å². The Bertz CT molecular complexity index is 1100. The van der Waals surface area contributed by atoms with Gasteiger partial charge in [0.05, 0.1) is 11.4 Å². The van der Waals surface area contributed by atoms with E-state index in [1.807, 2.05) is 78.5 Å². The van der Waals surface area contributed by atoms with Gasteiger partial charge in [0.2, 0.25) is 0 Å². The molecule has 0 aliphatic rings. The van der Waals surface area contributed by atoms with Crippen LogP contribution in [0.4, 0.5) is 0 Å². The second kappa shape index (κ2) is 7.74. The summed E-state index contributed by atoms with van der Waals surface area (Å²) < 4.78 is 3.62. The highest BCUT2D eigenvalue weighted by Gasteiger charge is 2.18. The molecule has 0 aliphatic heterocycles. The number of nitrogens with one attached hydrogen (secondary N) is 1. The van der Waals surface area contributed by atoms with Crippen LogP contribution in [0.25, 0.3) is 17.1 Å². The van der Waals surface area contributed by atoms with Gasteiger partial charge < -0.3 is 9.88 Å². The summed E-state index contributed by atoms with van der Waals surface area (Å²) in [5.74, 6) is -0.188. The molecule has 5 nitrogen and oxygen atoms in total. The van der Waals surface area contributed by atoms with E-state index in [0.717, 1.165) is 22.6 Å². The molecule has 6 heteroatoms. The topological polar surface area (TPSA) is 51.9 Å². The molecule has 0 radical (unpaired) electrons. The van der Waals surface area contributed by atoms with E-state index in [1.54, 1.807) is 16.8 Å². The van der Waals surface area contributed by atoms with Crippen LogP contribution in [0.1, 0.15) is 16.1 Å². The molecule has 4 aromatic rings. The molecule has 0 spiro atoms. The van der Waals surface area contributed by atoms with E-state index in [9.17, 15) is 4.79 Å². The second-order valence-electron chi connectivity index (χ2n) is 6.48. The first kappa shape index (κ1) is 18.1. The lowest BCUT2D eigenvalue weighted by atomic mass is 10.2. The highest BCUT2D eigenvalue weighted by molar-refractivity contribution is 6.30. The molecule has 0 fully saturated rings. The predicted molar refractivity (Wildman–Crippen MR) is 111 cm³/mol. The van der Waals surface area contributed by atoms with Gasteiger partial charge in [-0.2, -0.15) is 5.10 Å². The number of halogens is 1. The number of benzene rings is 2. The fourth-order valence-corrected chi connectivity index (χ4v) is 3.17. The third-order valence-corrected chi connectivity index (χ3v) is 4.77. The van der Waals surface area contributed by atoms with Crippen molar-refractivity contribution in [2.75, 3.05) is 0 Å². The maximum atomic E-state index is 12.9. The van der Waals surface area contributed by atoms with Crippen LogP contribution in [0.5, 0.6) is 0 Å². The third kappa shape index (κ3) is 3.70. The van der Waals surface area contributed by atoms with E-state index in [-0.39, 0.29) is 5.91 Å². The van der Waals surface area contributed by atoms with Gasteiger partial charge in [0.25, 0.3) is 5.91 Å². The lowest BCUT2D eigenvalue weighted by molar-refractivity contribution is 0.0943. The van der Waals surface area contributed by atoms with Gasteiger partial charge in [-0.1, -0.05) is 41.9 Å². The van der Waals surface area contributed by atoms with Crippen molar-refractivity contribution in [1.82, 2.24) is 19.7 Å². The number of amides is 1. The van der Waals surface area contributed by atoms with Crippen LogP contribution in [0.15, 0.2) is 79.0 Å². The predicted octanol–water partition coefficient (Wildman–Crippen LogP) is 4.46. The van der Waals surface area contributed by atoms with Crippen LogP contribution in [0.3, 0.4) is 0 Å². The van der Waals surface area contributed by atoms with Crippen molar-refractivity contribution >= 4 is 17.5 Å². The van der Waals surface area contributed by atoms with Crippen molar-refractivity contribution in [2.24, 2.45) is 7.05 Å². The molecule has 2 aromatic carbocycles. The molecule has 0 saturated carbocycles. The maximum Gasteiger partial charge on any atom is 0.270 e. The Kier molecular flexibility index (Phi) is 5.00. The summed E-state index contributed by atoms with van der Waals surface area (Å²) in [4.78, 5) is 12.9. The summed E-state index contributed by atoms with van der Waals surface area (Å²) >= 11 is 6.01. The normalized spacial score (nSPS) is 10.8. The number of carbonyl (C=O) groups excluding carboxylic acids is 1. The van der Waals surface area contributed by atoms with Gasteiger partial charge in [-0.3, -0.25) is 4.79 Å². The minimum absolute atomic E-state index is 0.188. The van der Waals surface area contributed by atoms with E-state index in [1.165, 1.54) is 0 Å². The van der Waals surface area contributed by atoms with Crippen molar-refractivity contribution in [3.8, 4) is 17.1 Å². The largest absolute Gasteiger partial charge is 0.349 e. The molecular weight excluding hydrogens is 372 g/mol. The highest BCUT2D eigenvalue weighted by atomic mass is 35.5. The number of carbonyl (C=O) groups is 1. The van der Waals surface area contributed by atoms with Crippen molar-refractivity contribution < 1.29 is 4.79 Å².